The highest BCUT2D eigenvalue weighted by Crippen LogP contribution is 2.33. The predicted octanol–water partition coefficient (Wildman–Crippen LogP) is 2.13. The summed E-state index contributed by atoms with van der Waals surface area (Å²) in [6.45, 7) is 8.46. The Morgan fingerprint density at radius 2 is 2.00 bits per heavy atom. The van der Waals surface area contributed by atoms with Crippen LogP contribution in [0.25, 0.3) is 0 Å². The highest BCUT2D eigenvalue weighted by molar-refractivity contribution is 5.86. The Labute approximate surface area is 126 Å². The molecule has 0 aromatic heterocycles. The molecule has 1 saturated carbocycles. The number of nitrogens with one attached hydrogen (secondary N) is 2. The van der Waals surface area contributed by atoms with Gasteiger partial charge in [-0.2, -0.15) is 0 Å². The van der Waals surface area contributed by atoms with E-state index < -0.39 is 17.5 Å². The van der Waals surface area contributed by atoms with Crippen LogP contribution in [-0.4, -0.2) is 41.4 Å². The van der Waals surface area contributed by atoms with Crippen molar-refractivity contribution in [2.75, 3.05) is 13.2 Å². The minimum Gasteiger partial charge on any atom is -0.479 e. The summed E-state index contributed by atoms with van der Waals surface area (Å²) in [5.74, 6) is -1.02. The van der Waals surface area contributed by atoms with Crippen molar-refractivity contribution < 1.29 is 19.4 Å². The molecule has 2 amide bonds. The zero-order valence-corrected chi connectivity index (χ0v) is 13.5. The van der Waals surface area contributed by atoms with Crippen LogP contribution in [-0.2, 0) is 9.53 Å². The zero-order chi connectivity index (χ0) is 16.1. The van der Waals surface area contributed by atoms with E-state index in [-0.39, 0.29) is 11.5 Å². The summed E-state index contributed by atoms with van der Waals surface area (Å²) < 4.78 is 5.50. The highest BCUT2D eigenvalue weighted by Gasteiger charge is 2.46. The number of carbonyl (C=O) groups excluding carboxylic acids is 1. The molecule has 0 radical (unpaired) electrons. The number of carbonyl (C=O) groups is 2. The number of aliphatic carboxylic acids is 1. The fourth-order valence-electron chi connectivity index (χ4n) is 2.67. The van der Waals surface area contributed by atoms with E-state index in [4.69, 9.17) is 4.74 Å². The third kappa shape index (κ3) is 5.19. The molecule has 6 nitrogen and oxygen atoms in total. The number of ether oxygens (including phenoxy) is 1. The van der Waals surface area contributed by atoms with Crippen molar-refractivity contribution in [1.82, 2.24) is 10.6 Å². The zero-order valence-electron chi connectivity index (χ0n) is 13.5. The summed E-state index contributed by atoms with van der Waals surface area (Å²) in [6, 6.07) is -0.441. The Kier molecular flexibility index (Phi) is 6.01. The third-order valence-electron chi connectivity index (χ3n) is 3.94. The molecule has 1 rings (SSSR count). The summed E-state index contributed by atoms with van der Waals surface area (Å²) in [5, 5.41) is 14.9. The number of carboxylic acid groups (broad SMARTS) is 1. The van der Waals surface area contributed by atoms with E-state index in [1.807, 2.05) is 27.7 Å². The minimum atomic E-state index is -1.15. The van der Waals surface area contributed by atoms with Gasteiger partial charge in [0.25, 0.3) is 0 Å². The Morgan fingerprint density at radius 1 is 1.33 bits per heavy atom. The molecule has 3 N–H and O–H groups in total. The van der Waals surface area contributed by atoms with Crippen LogP contribution in [0.2, 0.25) is 0 Å². The van der Waals surface area contributed by atoms with Crippen molar-refractivity contribution in [2.45, 2.75) is 64.5 Å². The van der Waals surface area contributed by atoms with Gasteiger partial charge in [0, 0.05) is 6.54 Å². The number of amides is 2. The van der Waals surface area contributed by atoms with Gasteiger partial charge in [0.05, 0.1) is 12.2 Å². The molecule has 2 atom stereocenters. The summed E-state index contributed by atoms with van der Waals surface area (Å²) in [5.41, 5.74) is -1.40. The van der Waals surface area contributed by atoms with Crippen LogP contribution in [0.5, 0.6) is 0 Å². The lowest BCUT2D eigenvalue weighted by molar-refractivity contribution is -0.148. The van der Waals surface area contributed by atoms with Gasteiger partial charge < -0.3 is 20.5 Å². The lowest BCUT2D eigenvalue weighted by Crippen LogP contribution is -2.62. The molecule has 1 fully saturated rings. The van der Waals surface area contributed by atoms with Gasteiger partial charge in [-0.05, 0) is 39.5 Å². The van der Waals surface area contributed by atoms with E-state index in [2.05, 4.69) is 10.6 Å². The fraction of sp³-hybridized carbons (Fsp3) is 0.867. The second kappa shape index (κ2) is 7.11. The Morgan fingerprint density at radius 3 is 2.52 bits per heavy atom. The van der Waals surface area contributed by atoms with Gasteiger partial charge in [-0.1, -0.05) is 19.8 Å². The van der Waals surface area contributed by atoms with E-state index >= 15 is 0 Å². The normalized spacial score (nSPS) is 26.2. The van der Waals surface area contributed by atoms with E-state index in [0.29, 0.717) is 19.6 Å². The summed E-state index contributed by atoms with van der Waals surface area (Å²) >= 11 is 0. The Balaban J connectivity index is 2.48. The Bertz CT molecular complexity index is 378. The average molecular weight is 300 g/mol. The van der Waals surface area contributed by atoms with Gasteiger partial charge in [-0.3, -0.25) is 0 Å². The van der Waals surface area contributed by atoms with Gasteiger partial charge >= 0.3 is 12.0 Å². The smallest absolute Gasteiger partial charge is 0.329 e. The van der Waals surface area contributed by atoms with Crippen LogP contribution in [0.3, 0.4) is 0 Å². The molecule has 2 unspecified atom stereocenters. The largest absolute Gasteiger partial charge is 0.479 e. The number of carboxylic acids is 1. The fourth-order valence-corrected chi connectivity index (χ4v) is 2.67. The quantitative estimate of drug-likeness (QED) is 0.679. The Hall–Kier alpha value is -1.30. The molecule has 0 aromatic carbocycles. The van der Waals surface area contributed by atoms with Crippen molar-refractivity contribution in [3.63, 3.8) is 0 Å². The summed E-state index contributed by atoms with van der Waals surface area (Å²) in [7, 11) is 0. The highest BCUT2D eigenvalue weighted by atomic mass is 16.5. The van der Waals surface area contributed by atoms with Crippen LogP contribution < -0.4 is 10.6 Å². The summed E-state index contributed by atoms with van der Waals surface area (Å²) in [4.78, 5) is 23.6. The number of hydrogen-bond acceptors (Lipinski definition) is 3. The van der Waals surface area contributed by atoms with E-state index in [1.165, 1.54) is 0 Å². The predicted molar refractivity (Wildman–Crippen MR) is 80.2 cm³/mol. The van der Waals surface area contributed by atoms with E-state index in [9.17, 15) is 14.7 Å². The second-order valence-electron chi connectivity index (χ2n) is 6.77. The summed E-state index contributed by atoms with van der Waals surface area (Å²) in [6.07, 6.45) is 3.14. The number of rotatable bonds is 5. The molecular weight excluding hydrogens is 272 g/mol. The lowest BCUT2D eigenvalue weighted by Gasteiger charge is -2.39. The van der Waals surface area contributed by atoms with Gasteiger partial charge in [-0.25, -0.2) is 9.59 Å². The van der Waals surface area contributed by atoms with Crippen LogP contribution in [0.15, 0.2) is 0 Å². The first-order chi connectivity index (χ1) is 9.67. The minimum absolute atomic E-state index is 0.0691. The standard InChI is InChI=1S/C15H28N2O4/c1-11-7-5-6-8-15(11,12(18)19)17-13(20)16-9-10-21-14(2,3)4/h11H,5-10H2,1-4H3,(H,18,19)(H2,16,17,20). The van der Waals surface area contributed by atoms with Crippen molar-refractivity contribution in [1.29, 1.82) is 0 Å². The lowest BCUT2D eigenvalue weighted by atomic mass is 9.73. The van der Waals surface area contributed by atoms with Gasteiger partial charge in [-0.15, -0.1) is 0 Å². The maximum atomic E-state index is 11.9. The maximum absolute atomic E-state index is 11.9. The topological polar surface area (TPSA) is 87.7 Å². The first-order valence-corrected chi connectivity index (χ1v) is 7.61. The molecule has 0 heterocycles. The van der Waals surface area contributed by atoms with Crippen molar-refractivity contribution in [3.8, 4) is 0 Å². The maximum Gasteiger partial charge on any atom is 0.329 e. The second-order valence-corrected chi connectivity index (χ2v) is 6.77. The van der Waals surface area contributed by atoms with E-state index in [0.717, 1.165) is 19.3 Å². The molecule has 122 valence electrons. The van der Waals surface area contributed by atoms with Gasteiger partial charge in [0.15, 0.2) is 0 Å². The number of urea groups is 1. The van der Waals surface area contributed by atoms with Crippen molar-refractivity contribution in [3.05, 3.63) is 0 Å². The van der Waals surface area contributed by atoms with Crippen LogP contribution in [0.1, 0.15) is 53.4 Å². The van der Waals surface area contributed by atoms with Crippen molar-refractivity contribution in [2.24, 2.45) is 5.92 Å². The molecule has 1 aliphatic carbocycles. The van der Waals surface area contributed by atoms with Crippen molar-refractivity contribution >= 4 is 12.0 Å². The average Bonchev–Trinajstić information content (AvgIpc) is 2.36. The molecule has 21 heavy (non-hydrogen) atoms. The first kappa shape index (κ1) is 17.8. The molecular formula is C15H28N2O4. The molecule has 6 heteroatoms. The molecule has 0 aliphatic heterocycles. The molecule has 0 aromatic rings. The van der Waals surface area contributed by atoms with Crippen LogP contribution >= 0.6 is 0 Å². The van der Waals surface area contributed by atoms with Crippen LogP contribution in [0, 0.1) is 5.92 Å². The van der Waals surface area contributed by atoms with Gasteiger partial charge in [0.1, 0.15) is 5.54 Å². The SMILES string of the molecule is CC1CCCCC1(NC(=O)NCCOC(C)(C)C)C(=O)O. The first-order valence-electron chi connectivity index (χ1n) is 7.61. The monoisotopic (exact) mass is 300 g/mol. The molecule has 0 bridgehead atoms. The van der Waals surface area contributed by atoms with Gasteiger partial charge in [0.2, 0.25) is 0 Å². The number of hydrogen-bond donors (Lipinski definition) is 3. The third-order valence-corrected chi connectivity index (χ3v) is 3.94. The van der Waals surface area contributed by atoms with E-state index in [1.54, 1.807) is 0 Å². The molecule has 0 spiro atoms. The van der Waals surface area contributed by atoms with Crippen LogP contribution in [0.4, 0.5) is 4.79 Å². The molecule has 0 saturated heterocycles. The molecule has 1 aliphatic rings.